The van der Waals surface area contributed by atoms with E-state index in [0.717, 1.165) is 31.2 Å². The van der Waals surface area contributed by atoms with Gasteiger partial charge >= 0.3 is 0 Å². The zero-order valence-electron chi connectivity index (χ0n) is 13.8. The second-order valence-electron chi connectivity index (χ2n) is 6.17. The maximum absolute atomic E-state index is 12.2. The highest BCUT2D eigenvalue weighted by molar-refractivity contribution is 6.02. The minimum Gasteiger partial charge on any atom is -0.459 e. The van der Waals surface area contributed by atoms with Gasteiger partial charge in [-0.3, -0.25) is 9.59 Å². The van der Waals surface area contributed by atoms with Crippen molar-refractivity contribution in [2.24, 2.45) is 5.73 Å². The Labute approximate surface area is 152 Å². The van der Waals surface area contributed by atoms with Crippen molar-refractivity contribution in [3.8, 4) is 0 Å². The van der Waals surface area contributed by atoms with Crippen molar-refractivity contribution in [3.05, 3.63) is 54.0 Å². The number of halogens is 1. The van der Waals surface area contributed by atoms with Crippen LogP contribution in [0.5, 0.6) is 0 Å². The molecule has 1 fully saturated rings. The molecule has 1 aliphatic carbocycles. The lowest BCUT2D eigenvalue weighted by atomic mass is 9.98. The molecule has 0 aliphatic heterocycles. The monoisotopic (exact) mass is 363 g/mol. The Kier molecular flexibility index (Phi) is 6.22. The van der Waals surface area contributed by atoms with Gasteiger partial charge in [0.1, 0.15) is 0 Å². The molecule has 2 aromatic rings. The molecule has 3 rings (SSSR count). The molecule has 6 nitrogen and oxygen atoms in total. The molecule has 0 saturated heterocycles. The van der Waals surface area contributed by atoms with Crippen LogP contribution >= 0.6 is 12.4 Å². The number of benzene rings is 1. The highest BCUT2D eigenvalue weighted by atomic mass is 35.5. The highest BCUT2D eigenvalue weighted by Crippen LogP contribution is 2.27. The van der Waals surface area contributed by atoms with Crippen LogP contribution in [0.15, 0.2) is 47.1 Å². The summed E-state index contributed by atoms with van der Waals surface area (Å²) in [4.78, 5) is 24.1. The Balaban J connectivity index is 0.00000225. The van der Waals surface area contributed by atoms with Gasteiger partial charge in [0.2, 0.25) is 5.91 Å². The van der Waals surface area contributed by atoms with Crippen LogP contribution in [-0.2, 0) is 11.3 Å². The van der Waals surface area contributed by atoms with E-state index in [9.17, 15) is 9.59 Å². The summed E-state index contributed by atoms with van der Waals surface area (Å²) in [6, 6.07) is 10.6. The smallest absolute Gasteiger partial charge is 0.291 e. The van der Waals surface area contributed by atoms with Crippen LogP contribution in [-0.4, -0.2) is 17.4 Å². The van der Waals surface area contributed by atoms with Crippen LogP contribution in [0.2, 0.25) is 0 Å². The minimum atomic E-state index is -0.711. The van der Waals surface area contributed by atoms with Crippen molar-refractivity contribution >= 4 is 29.9 Å². The number of carbonyl (C=O) groups is 2. The summed E-state index contributed by atoms with van der Waals surface area (Å²) in [6.07, 6.45) is 4.96. The van der Waals surface area contributed by atoms with Gasteiger partial charge in [0, 0.05) is 12.2 Å². The summed E-state index contributed by atoms with van der Waals surface area (Å²) in [5.41, 5.74) is 7.02. The fourth-order valence-corrected chi connectivity index (χ4v) is 2.90. The van der Waals surface area contributed by atoms with E-state index in [-0.39, 0.29) is 30.0 Å². The molecule has 1 heterocycles. The van der Waals surface area contributed by atoms with Crippen molar-refractivity contribution in [1.82, 2.24) is 5.32 Å². The number of furan rings is 1. The lowest BCUT2D eigenvalue weighted by molar-refractivity contribution is -0.126. The van der Waals surface area contributed by atoms with Crippen LogP contribution in [0.3, 0.4) is 0 Å². The van der Waals surface area contributed by atoms with Crippen LogP contribution < -0.4 is 16.4 Å². The second kappa shape index (κ2) is 8.18. The molecule has 1 aliphatic rings. The zero-order chi connectivity index (χ0) is 17.0. The van der Waals surface area contributed by atoms with Gasteiger partial charge in [-0.1, -0.05) is 25.0 Å². The van der Waals surface area contributed by atoms with Gasteiger partial charge in [0.05, 0.1) is 11.8 Å². The Morgan fingerprint density at radius 2 is 1.80 bits per heavy atom. The van der Waals surface area contributed by atoms with E-state index in [2.05, 4.69) is 10.6 Å². The maximum Gasteiger partial charge on any atom is 0.291 e. The Morgan fingerprint density at radius 3 is 2.40 bits per heavy atom. The number of amides is 2. The first-order valence-corrected chi connectivity index (χ1v) is 8.08. The predicted octanol–water partition coefficient (Wildman–Crippen LogP) is 2.84. The summed E-state index contributed by atoms with van der Waals surface area (Å²) in [6.45, 7) is 0.421. The Morgan fingerprint density at radius 1 is 1.12 bits per heavy atom. The molecule has 0 unspecified atom stereocenters. The van der Waals surface area contributed by atoms with Gasteiger partial charge in [-0.25, -0.2) is 0 Å². The van der Waals surface area contributed by atoms with Crippen LogP contribution in [0.1, 0.15) is 41.8 Å². The van der Waals surface area contributed by atoms with Gasteiger partial charge in [-0.2, -0.15) is 0 Å². The quantitative estimate of drug-likeness (QED) is 0.760. The lowest BCUT2D eigenvalue weighted by Gasteiger charge is -2.22. The number of anilines is 1. The highest BCUT2D eigenvalue weighted by Gasteiger charge is 2.36. The standard InChI is InChI=1S/C18H21N3O3.ClH/c19-18(9-1-2-10-18)17(23)20-12-13-5-7-14(8-6-13)21-16(22)15-4-3-11-24-15;/h3-8,11H,1-2,9-10,12,19H2,(H,20,23)(H,21,22);1H. The average Bonchev–Trinajstić information content (AvgIpc) is 3.26. The largest absolute Gasteiger partial charge is 0.459 e. The zero-order valence-corrected chi connectivity index (χ0v) is 14.6. The first-order chi connectivity index (χ1) is 11.6. The third-order valence-electron chi connectivity index (χ3n) is 4.36. The Bertz CT molecular complexity index is 708. The normalized spacial score (nSPS) is 15.2. The third kappa shape index (κ3) is 4.61. The number of hydrogen-bond donors (Lipinski definition) is 3. The van der Waals surface area contributed by atoms with Crippen molar-refractivity contribution < 1.29 is 14.0 Å². The lowest BCUT2D eigenvalue weighted by Crippen LogP contribution is -2.51. The molecule has 4 N–H and O–H groups in total. The number of nitrogens with two attached hydrogens (primary N) is 1. The van der Waals surface area contributed by atoms with E-state index in [1.165, 1.54) is 6.26 Å². The molecule has 7 heteroatoms. The SMILES string of the molecule is Cl.NC1(C(=O)NCc2ccc(NC(=O)c3ccco3)cc2)CCCC1. The predicted molar refractivity (Wildman–Crippen MR) is 97.6 cm³/mol. The number of carbonyl (C=O) groups excluding carboxylic acids is 2. The van der Waals surface area contributed by atoms with Gasteiger partial charge < -0.3 is 20.8 Å². The van der Waals surface area contributed by atoms with Crippen molar-refractivity contribution in [2.75, 3.05) is 5.32 Å². The molecule has 1 saturated carbocycles. The van der Waals surface area contributed by atoms with Crippen molar-refractivity contribution in [2.45, 2.75) is 37.8 Å². The molecular weight excluding hydrogens is 342 g/mol. The minimum absolute atomic E-state index is 0. The molecule has 25 heavy (non-hydrogen) atoms. The first-order valence-electron chi connectivity index (χ1n) is 8.08. The van der Waals surface area contributed by atoms with Crippen LogP contribution in [0, 0.1) is 0 Å². The molecule has 0 atom stereocenters. The molecule has 134 valence electrons. The van der Waals surface area contributed by atoms with E-state index in [1.807, 2.05) is 12.1 Å². The third-order valence-corrected chi connectivity index (χ3v) is 4.36. The average molecular weight is 364 g/mol. The fraction of sp³-hybridized carbons (Fsp3) is 0.333. The topological polar surface area (TPSA) is 97.4 Å². The summed E-state index contributed by atoms with van der Waals surface area (Å²) in [5, 5.41) is 5.64. The van der Waals surface area contributed by atoms with Gasteiger partial charge in [0.25, 0.3) is 5.91 Å². The summed E-state index contributed by atoms with van der Waals surface area (Å²) in [5.74, 6) is -0.126. The molecule has 1 aromatic carbocycles. The molecule has 0 radical (unpaired) electrons. The number of hydrogen-bond acceptors (Lipinski definition) is 4. The maximum atomic E-state index is 12.2. The second-order valence-corrected chi connectivity index (χ2v) is 6.17. The van der Waals surface area contributed by atoms with Gasteiger partial charge in [-0.05, 0) is 42.7 Å². The van der Waals surface area contributed by atoms with Gasteiger partial charge in [0.15, 0.2) is 5.76 Å². The molecule has 0 spiro atoms. The van der Waals surface area contributed by atoms with Crippen LogP contribution in [0.4, 0.5) is 5.69 Å². The van der Waals surface area contributed by atoms with Crippen molar-refractivity contribution in [1.29, 1.82) is 0 Å². The first kappa shape index (κ1) is 19.0. The van der Waals surface area contributed by atoms with E-state index in [0.29, 0.717) is 12.2 Å². The van der Waals surface area contributed by atoms with E-state index in [1.54, 1.807) is 24.3 Å². The van der Waals surface area contributed by atoms with E-state index < -0.39 is 5.54 Å². The molecule has 1 aromatic heterocycles. The summed E-state index contributed by atoms with van der Waals surface area (Å²) in [7, 11) is 0. The molecule has 0 bridgehead atoms. The summed E-state index contributed by atoms with van der Waals surface area (Å²) >= 11 is 0. The molecule has 2 amide bonds. The number of nitrogens with one attached hydrogen (secondary N) is 2. The number of rotatable bonds is 5. The Hall–Kier alpha value is -2.31. The molecular formula is C18H22ClN3O3. The fourth-order valence-electron chi connectivity index (χ4n) is 2.90. The summed E-state index contributed by atoms with van der Waals surface area (Å²) < 4.78 is 5.04. The van der Waals surface area contributed by atoms with Crippen molar-refractivity contribution in [3.63, 3.8) is 0 Å². The van der Waals surface area contributed by atoms with E-state index >= 15 is 0 Å². The van der Waals surface area contributed by atoms with E-state index in [4.69, 9.17) is 10.2 Å². The van der Waals surface area contributed by atoms with Crippen LogP contribution in [0.25, 0.3) is 0 Å². The van der Waals surface area contributed by atoms with Gasteiger partial charge in [-0.15, -0.1) is 12.4 Å².